The fourth-order valence-corrected chi connectivity index (χ4v) is 0.385. The summed E-state index contributed by atoms with van der Waals surface area (Å²) in [6.45, 7) is 3.73. The van der Waals surface area contributed by atoms with Gasteiger partial charge in [0.1, 0.15) is 6.61 Å². The van der Waals surface area contributed by atoms with Gasteiger partial charge in [0.25, 0.3) is 0 Å². The SMILES string of the molecule is CCCO[C@@H]1CO1. The molecule has 0 aromatic carbocycles. The van der Waals surface area contributed by atoms with Crippen LogP contribution in [0.3, 0.4) is 0 Å². The average molecular weight is 102 g/mol. The third-order valence-electron chi connectivity index (χ3n) is 0.811. The van der Waals surface area contributed by atoms with Crippen molar-refractivity contribution in [2.45, 2.75) is 19.6 Å². The van der Waals surface area contributed by atoms with E-state index >= 15 is 0 Å². The predicted molar refractivity (Wildman–Crippen MR) is 26.0 cm³/mol. The summed E-state index contributed by atoms with van der Waals surface area (Å²) >= 11 is 0. The molecule has 1 aliphatic rings. The van der Waals surface area contributed by atoms with Crippen molar-refractivity contribution < 1.29 is 9.47 Å². The van der Waals surface area contributed by atoms with Crippen molar-refractivity contribution in [2.75, 3.05) is 13.2 Å². The van der Waals surface area contributed by atoms with Crippen LogP contribution < -0.4 is 0 Å². The number of hydrogen-bond donors (Lipinski definition) is 0. The van der Waals surface area contributed by atoms with Gasteiger partial charge in [-0.3, -0.25) is 0 Å². The topological polar surface area (TPSA) is 21.8 Å². The van der Waals surface area contributed by atoms with Crippen LogP contribution in [0.15, 0.2) is 0 Å². The van der Waals surface area contributed by atoms with Gasteiger partial charge in [-0.15, -0.1) is 0 Å². The van der Waals surface area contributed by atoms with E-state index in [1.807, 2.05) is 0 Å². The smallest absolute Gasteiger partial charge is 0.181 e. The molecular formula is C5H10O2. The Balaban J connectivity index is 1.80. The third-order valence-corrected chi connectivity index (χ3v) is 0.811. The van der Waals surface area contributed by atoms with E-state index in [4.69, 9.17) is 9.47 Å². The number of rotatable bonds is 3. The Labute approximate surface area is 43.4 Å². The molecule has 0 radical (unpaired) electrons. The van der Waals surface area contributed by atoms with Gasteiger partial charge in [0.2, 0.25) is 0 Å². The van der Waals surface area contributed by atoms with E-state index in [-0.39, 0.29) is 6.29 Å². The Morgan fingerprint density at radius 2 is 2.57 bits per heavy atom. The summed E-state index contributed by atoms with van der Waals surface area (Å²) in [6, 6.07) is 0. The molecular weight excluding hydrogens is 92.1 g/mol. The van der Waals surface area contributed by atoms with E-state index < -0.39 is 0 Å². The molecule has 1 saturated heterocycles. The fourth-order valence-electron chi connectivity index (χ4n) is 0.385. The highest BCUT2D eigenvalue weighted by molar-refractivity contribution is 4.53. The first kappa shape index (κ1) is 5.06. The van der Waals surface area contributed by atoms with Crippen LogP contribution in [0, 0.1) is 0 Å². The largest absolute Gasteiger partial charge is 0.350 e. The first-order valence-corrected chi connectivity index (χ1v) is 2.66. The van der Waals surface area contributed by atoms with Crippen LogP contribution in [0.1, 0.15) is 13.3 Å². The van der Waals surface area contributed by atoms with Gasteiger partial charge in [-0.2, -0.15) is 0 Å². The molecule has 0 bridgehead atoms. The summed E-state index contributed by atoms with van der Waals surface area (Å²) in [6.07, 6.45) is 1.24. The molecule has 1 atom stereocenters. The van der Waals surface area contributed by atoms with Crippen LogP contribution in [-0.4, -0.2) is 19.5 Å². The van der Waals surface area contributed by atoms with Crippen LogP contribution in [0.5, 0.6) is 0 Å². The molecule has 0 aromatic rings. The van der Waals surface area contributed by atoms with Gasteiger partial charge in [-0.05, 0) is 6.42 Å². The molecule has 1 fully saturated rings. The minimum absolute atomic E-state index is 0.153. The Hall–Kier alpha value is -0.0800. The molecule has 0 aromatic heterocycles. The summed E-state index contributed by atoms with van der Waals surface area (Å²) in [4.78, 5) is 0. The number of hydrogen-bond acceptors (Lipinski definition) is 2. The normalized spacial score (nSPS) is 27.9. The quantitative estimate of drug-likeness (QED) is 0.491. The maximum atomic E-state index is 5.08. The highest BCUT2D eigenvalue weighted by atomic mass is 16.8. The zero-order valence-corrected chi connectivity index (χ0v) is 4.52. The fraction of sp³-hybridized carbons (Fsp3) is 1.00. The summed E-state index contributed by atoms with van der Waals surface area (Å²) < 4.78 is 9.87. The van der Waals surface area contributed by atoms with E-state index in [2.05, 4.69) is 6.92 Å². The second kappa shape index (κ2) is 2.28. The van der Waals surface area contributed by atoms with Gasteiger partial charge in [-0.1, -0.05) is 6.92 Å². The van der Waals surface area contributed by atoms with E-state index in [1.165, 1.54) is 0 Å². The summed E-state index contributed by atoms with van der Waals surface area (Å²) in [5.74, 6) is 0. The monoisotopic (exact) mass is 102 g/mol. The number of epoxide rings is 1. The summed E-state index contributed by atoms with van der Waals surface area (Å²) in [5.41, 5.74) is 0. The lowest BCUT2D eigenvalue weighted by Gasteiger charge is -1.91. The Morgan fingerprint density at radius 3 is 3.00 bits per heavy atom. The van der Waals surface area contributed by atoms with E-state index in [9.17, 15) is 0 Å². The van der Waals surface area contributed by atoms with Crippen LogP contribution in [0.2, 0.25) is 0 Å². The Kier molecular flexibility index (Phi) is 1.65. The van der Waals surface area contributed by atoms with Gasteiger partial charge >= 0.3 is 0 Å². The van der Waals surface area contributed by atoms with Crippen molar-refractivity contribution in [3.8, 4) is 0 Å². The van der Waals surface area contributed by atoms with Crippen LogP contribution in [-0.2, 0) is 9.47 Å². The first-order chi connectivity index (χ1) is 3.43. The standard InChI is InChI=1S/C5H10O2/c1-2-3-6-5-4-7-5/h5H,2-4H2,1H3/t5-/m0/s1. The van der Waals surface area contributed by atoms with Gasteiger partial charge < -0.3 is 9.47 Å². The molecule has 0 N–H and O–H groups in total. The maximum absolute atomic E-state index is 5.08. The van der Waals surface area contributed by atoms with Crippen LogP contribution >= 0.6 is 0 Å². The second-order valence-electron chi connectivity index (χ2n) is 1.63. The minimum atomic E-state index is 0.153. The van der Waals surface area contributed by atoms with Gasteiger partial charge in [0, 0.05) is 6.61 Å². The second-order valence-corrected chi connectivity index (χ2v) is 1.63. The number of ether oxygens (including phenoxy) is 2. The van der Waals surface area contributed by atoms with Gasteiger partial charge in [0.05, 0.1) is 0 Å². The molecule has 7 heavy (non-hydrogen) atoms. The zero-order chi connectivity index (χ0) is 5.11. The molecule has 42 valence electrons. The van der Waals surface area contributed by atoms with Crippen LogP contribution in [0.25, 0.3) is 0 Å². The van der Waals surface area contributed by atoms with Crippen molar-refractivity contribution >= 4 is 0 Å². The van der Waals surface area contributed by atoms with Gasteiger partial charge in [0.15, 0.2) is 6.29 Å². The molecule has 0 aliphatic carbocycles. The lowest BCUT2D eigenvalue weighted by molar-refractivity contribution is 0.0508. The van der Waals surface area contributed by atoms with Crippen molar-refractivity contribution in [3.63, 3.8) is 0 Å². The molecule has 0 unspecified atom stereocenters. The predicted octanol–water partition coefficient (Wildman–Crippen LogP) is 0.769. The van der Waals surface area contributed by atoms with E-state index in [0.717, 1.165) is 19.6 Å². The minimum Gasteiger partial charge on any atom is -0.350 e. The highest BCUT2D eigenvalue weighted by Crippen LogP contribution is 2.09. The molecule has 1 heterocycles. The summed E-state index contributed by atoms with van der Waals surface area (Å²) in [5, 5.41) is 0. The van der Waals surface area contributed by atoms with Crippen molar-refractivity contribution in [2.24, 2.45) is 0 Å². The van der Waals surface area contributed by atoms with Crippen LogP contribution in [0.4, 0.5) is 0 Å². The lowest BCUT2D eigenvalue weighted by atomic mass is 10.5. The van der Waals surface area contributed by atoms with Crippen molar-refractivity contribution in [1.82, 2.24) is 0 Å². The maximum Gasteiger partial charge on any atom is 0.181 e. The van der Waals surface area contributed by atoms with E-state index in [0.29, 0.717) is 0 Å². The molecule has 1 aliphatic heterocycles. The van der Waals surface area contributed by atoms with Crippen molar-refractivity contribution in [1.29, 1.82) is 0 Å². The molecule has 2 heteroatoms. The molecule has 0 amide bonds. The zero-order valence-electron chi connectivity index (χ0n) is 4.52. The lowest BCUT2D eigenvalue weighted by Crippen LogP contribution is -1.94. The molecule has 0 spiro atoms. The molecule has 1 rings (SSSR count). The average Bonchev–Trinajstić information content (AvgIpc) is 2.42. The third kappa shape index (κ3) is 1.90. The highest BCUT2D eigenvalue weighted by Gasteiger charge is 2.21. The molecule has 2 nitrogen and oxygen atoms in total. The van der Waals surface area contributed by atoms with Crippen molar-refractivity contribution in [3.05, 3.63) is 0 Å². The summed E-state index contributed by atoms with van der Waals surface area (Å²) in [7, 11) is 0. The molecule has 0 saturated carbocycles. The first-order valence-electron chi connectivity index (χ1n) is 2.66. The van der Waals surface area contributed by atoms with E-state index in [1.54, 1.807) is 0 Å². The Bertz CT molecular complexity index is 50.0. The van der Waals surface area contributed by atoms with Gasteiger partial charge in [-0.25, -0.2) is 0 Å². The Morgan fingerprint density at radius 1 is 1.86 bits per heavy atom.